The molecule has 0 saturated carbocycles. The van der Waals surface area contributed by atoms with Gasteiger partial charge in [0.05, 0.1) is 0 Å². The molecule has 5 nitrogen and oxygen atoms in total. The van der Waals surface area contributed by atoms with Crippen molar-refractivity contribution in [1.29, 1.82) is 0 Å². The van der Waals surface area contributed by atoms with Crippen LogP contribution in [0, 0.1) is 11.7 Å². The second kappa shape index (κ2) is 6.11. The van der Waals surface area contributed by atoms with Gasteiger partial charge in [0.25, 0.3) is 5.91 Å². The van der Waals surface area contributed by atoms with E-state index in [4.69, 9.17) is 5.14 Å². The summed E-state index contributed by atoms with van der Waals surface area (Å²) in [6.07, 6.45) is 3.08. The van der Waals surface area contributed by atoms with Gasteiger partial charge in [-0.05, 0) is 37.0 Å². The van der Waals surface area contributed by atoms with Crippen molar-refractivity contribution in [2.24, 2.45) is 11.1 Å². The van der Waals surface area contributed by atoms with E-state index in [1.165, 1.54) is 6.07 Å². The van der Waals surface area contributed by atoms with E-state index < -0.39 is 20.7 Å². The predicted molar refractivity (Wildman–Crippen MR) is 76.7 cm³/mol. The van der Waals surface area contributed by atoms with Crippen LogP contribution in [0.3, 0.4) is 0 Å². The third-order valence-electron chi connectivity index (χ3n) is 3.75. The lowest BCUT2D eigenvalue weighted by Gasteiger charge is -2.17. The summed E-state index contributed by atoms with van der Waals surface area (Å²) in [5.74, 6) is -0.741. The van der Waals surface area contributed by atoms with Gasteiger partial charge in [-0.3, -0.25) is 4.79 Å². The van der Waals surface area contributed by atoms with Crippen molar-refractivity contribution in [1.82, 2.24) is 4.90 Å². The molecular weight excluding hydrogens is 295 g/mol. The molecule has 7 heteroatoms. The van der Waals surface area contributed by atoms with Crippen LogP contribution in [-0.4, -0.2) is 32.3 Å². The molecule has 1 aliphatic rings. The summed E-state index contributed by atoms with van der Waals surface area (Å²) >= 11 is 0. The first-order valence-electron chi connectivity index (χ1n) is 6.94. The minimum Gasteiger partial charge on any atom is -0.338 e. The Morgan fingerprint density at radius 3 is 2.81 bits per heavy atom. The topological polar surface area (TPSA) is 80.5 Å². The van der Waals surface area contributed by atoms with Crippen LogP contribution >= 0.6 is 0 Å². The number of hydrogen-bond donors (Lipinski definition) is 1. The fourth-order valence-electron chi connectivity index (χ4n) is 2.70. The number of benzene rings is 1. The molecule has 1 heterocycles. The molecule has 0 aliphatic carbocycles. The summed E-state index contributed by atoms with van der Waals surface area (Å²) in [6.45, 7) is 3.41. The van der Waals surface area contributed by atoms with Gasteiger partial charge in [0.15, 0.2) is 0 Å². The van der Waals surface area contributed by atoms with Crippen molar-refractivity contribution in [3.63, 3.8) is 0 Å². The molecule has 1 unspecified atom stereocenters. The standard InChI is InChI=1S/C14H19FN2O3S/c1-2-3-10-6-7-17(9-10)14(18)11-4-5-12(15)13(8-11)21(16,19)20/h4-5,8,10H,2-3,6-7,9H2,1H3,(H2,16,19,20). The predicted octanol–water partition coefficient (Wildman–Crippen LogP) is 1.74. The molecule has 0 bridgehead atoms. The largest absolute Gasteiger partial charge is 0.338 e. The number of nitrogens with zero attached hydrogens (tertiary/aromatic N) is 1. The molecule has 2 rings (SSSR count). The van der Waals surface area contributed by atoms with Crippen LogP contribution in [0.2, 0.25) is 0 Å². The van der Waals surface area contributed by atoms with Gasteiger partial charge in [-0.25, -0.2) is 17.9 Å². The summed E-state index contributed by atoms with van der Waals surface area (Å²) < 4.78 is 36.1. The van der Waals surface area contributed by atoms with Crippen molar-refractivity contribution in [2.45, 2.75) is 31.1 Å². The van der Waals surface area contributed by atoms with Crippen molar-refractivity contribution in [2.75, 3.05) is 13.1 Å². The zero-order chi connectivity index (χ0) is 15.6. The highest BCUT2D eigenvalue weighted by Gasteiger charge is 2.27. The Kier molecular flexibility index (Phi) is 4.63. The van der Waals surface area contributed by atoms with E-state index in [9.17, 15) is 17.6 Å². The Morgan fingerprint density at radius 1 is 1.48 bits per heavy atom. The van der Waals surface area contributed by atoms with Crippen LogP contribution in [0.5, 0.6) is 0 Å². The molecule has 21 heavy (non-hydrogen) atoms. The fourth-order valence-corrected chi connectivity index (χ4v) is 3.33. The number of carbonyl (C=O) groups is 1. The molecule has 1 aromatic carbocycles. The lowest BCUT2D eigenvalue weighted by molar-refractivity contribution is 0.0786. The maximum absolute atomic E-state index is 13.5. The molecule has 0 radical (unpaired) electrons. The Morgan fingerprint density at radius 2 is 2.19 bits per heavy atom. The van der Waals surface area contributed by atoms with Gasteiger partial charge in [0.1, 0.15) is 10.7 Å². The van der Waals surface area contributed by atoms with E-state index in [1.807, 2.05) is 0 Å². The Labute approximate surface area is 124 Å². The van der Waals surface area contributed by atoms with Gasteiger partial charge < -0.3 is 4.90 Å². The maximum atomic E-state index is 13.5. The zero-order valence-electron chi connectivity index (χ0n) is 11.9. The monoisotopic (exact) mass is 314 g/mol. The van der Waals surface area contributed by atoms with Gasteiger partial charge in [0, 0.05) is 18.7 Å². The molecule has 0 aromatic heterocycles. The smallest absolute Gasteiger partial charge is 0.253 e. The Bertz CT molecular complexity index is 646. The second-order valence-electron chi connectivity index (χ2n) is 5.38. The van der Waals surface area contributed by atoms with Crippen molar-refractivity contribution in [3.05, 3.63) is 29.6 Å². The van der Waals surface area contributed by atoms with Gasteiger partial charge in [-0.1, -0.05) is 13.3 Å². The van der Waals surface area contributed by atoms with Crippen LogP contribution in [-0.2, 0) is 10.0 Å². The van der Waals surface area contributed by atoms with E-state index in [2.05, 4.69) is 6.92 Å². The molecule has 1 atom stereocenters. The number of halogens is 1. The average molecular weight is 314 g/mol. The molecular formula is C14H19FN2O3S. The van der Waals surface area contributed by atoms with Crippen molar-refractivity contribution < 1.29 is 17.6 Å². The number of hydrogen-bond acceptors (Lipinski definition) is 3. The van der Waals surface area contributed by atoms with Gasteiger partial charge in [0.2, 0.25) is 10.0 Å². The zero-order valence-corrected chi connectivity index (χ0v) is 12.7. The molecule has 0 spiro atoms. The highest BCUT2D eigenvalue weighted by molar-refractivity contribution is 7.89. The minimum atomic E-state index is -4.18. The van der Waals surface area contributed by atoms with Crippen LogP contribution < -0.4 is 5.14 Å². The highest BCUT2D eigenvalue weighted by atomic mass is 32.2. The van der Waals surface area contributed by atoms with E-state index in [1.54, 1.807) is 4.90 Å². The number of likely N-dealkylation sites (tertiary alicyclic amines) is 1. The average Bonchev–Trinajstić information content (AvgIpc) is 2.86. The third-order valence-corrected chi connectivity index (χ3v) is 4.68. The summed E-state index contributed by atoms with van der Waals surface area (Å²) in [7, 11) is -4.18. The fraction of sp³-hybridized carbons (Fsp3) is 0.500. The lowest BCUT2D eigenvalue weighted by Crippen LogP contribution is -2.29. The van der Waals surface area contributed by atoms with E-state index >= 15 is 0 Å². The molecule has 1 aliphatic heterocycles. The van der Waals surface area contributed by atoms with Crippen LogP contribution in [0.25, 0.3) is 0 Å². The number of rotatable bonds is 4. The Hall–Kier alpha value is -1.47. The molecule has 1 saturated heterocycles. The first-order chi connectivity index (χ1) is 9.82. The number of amides is 1. The lowest BCUT2D eigenvalue weighted by atomic mass is 10.0. The molecule has 2 N–H and O–H groups in total. The maximum Gasteiger partial charge on any atom is 0.253 e. The summed E-state index contributed by atoms with van der Waals surface area (Å²) in [6, 6.07) is 3.27. The minimum absolute atomic E-state index is 0.151. The quantitative estimate of drug-likeness (QED) is 0.919. The SMILES string of the molecule is CCCC1CCN(C(=O)c2ccc(F)c(S(N)(=O)=O)c2)C1. The van der Waals surface area contributed by atoms with Crippen LogP contribution in [0.4, 0.5) is 4.39 Å². The number of sulfonamides is 1. The molecule has 1 fully saturated rings. The number of nitrogens with two attached hydrogens (primary N) is 1. The van der Waals surface area contributed by atoms with Gasteiger partial charge in [-0.15, -0.1) is 0 Å². The van der Waals surface area contributed by atoms with E-state index in [0.29, 0.717) is 19.0 Å². The molecule has 116 valence electrons. The number of primary sulfonamides is 1. The first-order valence-corrected chi connectivity index (χ1v) is 8.49. The third kappa shape index (κ3) is 3.59. The van der Waals surface area contributed by atoms with Crippen molar-refractivity contribution >= 4 is 15.9 Å². The first kappa shape index (κ1) is 15.9. The molecule has 1 aromatic rings. The normalized spacial score (nSPS) is 19.0. The van der Waals surface area contributed by atoms with Crippen LogP contribution in [0.15, 0.2) is 23.1 Å². The van der Waals surface area contributed by atoms with Crippen LogP contribution in [0.1, 0.15) is 36.5 Å². The van der Waals surface area contributed by atoms with E-state index in [-0.39, 0.29) is 11.5 Å². The highest BCUT2D eigenvalue weighted by Crippen LogP contribution is 2.23. The van der Waals surface area contributed by atoms with E-state index in [0.717, 1.165) is 31.4 Å². The second-order valence-corrected chi connectivity index (χ2v) is 6.91. The summed E-state index contributed by atoms with van der Waals surface area (Å²) in [5.41, 5.74) is 0.151. The summed E-state index contributed by atoms with van der Waals surface area (Å²) in [5, 5.41) is 4.95. The Balaban J connectivity index is 2.21. The number of carbonyl (C=O) groups excluding carboxylic acids is 1. The van der Waals surface area contributed by atoms with Crippen molar-refractivity contribution in [3.8, 4) is 0 Å². The van der Waals surface area contributed by atoms with Gasteiger partial charge in [-0.2, -0.15) is 0 Å². The molecule has 1 amide bonds. The summed E-state index contributed by atoms with van der Waals surface area (Å²) in [4.78, 5) is 13.4. The van der Waals surface area contributed by atoms with Gasteiger partial charge >= 0.3 is 0 Å².